The van der Waals surface area contributed by atoms with Crippen LogP contribution in [0.4, 0.5) is 0 Å². The molecule has 0 atom stereocenters. The Morgan fingerprint density at radius 1 is 1.22 bits per heavy atom. The van der Waals surface area contributed by atoms with E-state index >= 15 is 0 Å². The zero-order valence-corrected chi connectivity index (χ0v) is 7.75. The first kappa shape index (κ1) is 9.19. The van der Waals surface area contributed by atoms with Gasteiger partial charge in [0.15, 0.2) is 0 Å². The fourth-order valence-corrected chi connectivity index (χ4v) is 2.42. The van der Waals surface area contributed by atoms with Crippen LogP contribution in [0.25, 0.3) is 0 Å². The molecule has 0 saturated heterocycles. The third-order valence-electron chi connectivity index (χ3n) is 0.605. The summed E-state index contributed by atoms with van der Waals surface area (Å²) in [5, 5.41) is 3.01. The summed E-state index contributed by atoms with van der Waals surface area (Å²) in [7, 11) is -2.04. The van der Waals surface area contributed by atoms with E-state index in [1.807, 2.05) is 20.8 Å². The molecule has 0 amide bonds. The van der Waals surface area contributed by atoms with Crippen molar-refractivity contribution in [2.45, 2.75) is 26.3 Å². The van der Waals surface area contributed by atoms with Crippen molar-refractivity contribution in [1.29, 1.82) is 0 Å². The lowest BCUT2D eigenvalue weighted by Crippen LogP contribution is -2.32. The third-order valence-corrected chi connectivity index (χ3v) is 1.81. The Morgan fingerprint density at radius 2 is 1.56 bits per heavy atom. The fourth-order valence-electron chi connectivity index (χ4n) is 0.808. The summed E-state index contributed by atoms with van der Waals surface area (Å²) < 4.78 is 11.1. The highest BCUT2D eigenvalue weighted by Crippen LogP contribution is 2.32. The van der Waals surface area contributed by atoms with Crippen LogP contribution in [-0.2, 0) is 4.57 Å². The lowest BCUT2D eigenvalue weighted by atomic mass is 10.1. The number of rotatable bonds is 1. The van der Waals surface area contributed by atoms with Gasteiger partial charge < -0.3 is 4.57 Å². The molecule has 0 bridgehead atoms. The van der Waals surface area contributed by atoms with Gasteiger partial charge >= 0.3 is 0 Å². The van der Waals surface area contributed by atoms with Crippen molar-refractivity contribution < 1.29 is 4.57 Å². The van der Waals surface area contributed by atoms with Crippen molar-refractivity contribution in [3.8, 4) is 0 Å². The van der Waals surface area contributed by atoms with Crippen LogP contribution in [0.1, 0.15) is 20.8 Å². The van der Waals surface area contributed by atoms with Gasteiger partial charge in [0.1, 0.15) is 7.29 Å². The highest BCUT2D eigenvalue weighted by molar-refractivity contribution is 7.60. The van der Waals surface area contributed by atoms with Crippen LogP contribution in [0.5, 0.6) is 0 Å². The molecule has 3 heteroatoms. The number of hydrogen-bond acceptors (Lipinski definition) is 1. The Morgan fingerprint density at radius 3 is 1.56 bits per heavy atom. The van der Waals surface area contributed by atoms with E-state index in [0.717, 1.165) is 0 Å². The Kier molecular flexibility index (Phi) is 2.48. The van der Waals surface area contributed by atoms with E-state index < -0.39 is 7.29 Å². The maximum absolute atomic E-state index is 11.1. The zero-order valence-electron chi connectivity index (χ0n) is 6.86. The average Bonchev–Trinajstić information content (AvgIpc) is 1.14. The Hall–Kier alpha value is 0.190. The van der Waals surface area contributed by atoms with Crippen molar-refractivity contribution in [3.05, 3.63) is 0 Å². The van der Waals surface area contributed by atoms with E-state index in [9.17, 15) is 4.57 Å². The molecule has 1 N–H and O–H groups in total. The summed E-state index contributed by atoms with van der Waals surface area (Å²) >= 11 is 0. The molecule has 0 spiro atoms. The predicted molar refractivity (Wildman–Crippen MR) is 42.3 cm³/mol. The molecule has 0 aromatic heterocycles. The SMILES string of the molecule is CC(C)(C)NP(C)(C)=O. The lowest BCUT2D eigenvalue weighted by Gasteiger charge is -2.23. The number of nitrogens with one attached hydrogen (secondary N) is 1. The summed E-state index contributed by atoms with van der Waals surface area (Å²) in [5.74, 6) is 0. The molecule has 0 aliphatic heterocycles. The third kappa shape index (κ3) is 8.19. The quantitative estimate of drug-likeness (QED) is 0.577. The highest BCUT2D eigenvalue weighted by Gasteiger charge is 2.16. The molecule has 0 aromatic rings. The van der Waals surface area contributed by atoms with E-state index in [0.29, 0.717) is 0 Å². The molecule has 9 heavy (non-hydrogen) atoms. The highest BCUT2D eigenvalue weighted by atomic mass is 31.2. The standard InChI is InChI=1S/C6H16NOP/c1-6(2,3)7-9(4,5)8/h1-5H3,(H,7,8). The Bertz CT molecular complexity index is 130. The molecule has 0 aromatic carbocycles. The molecule has 0 unspecified atom stereocenters. The summed E-state index contributed by atoms with van der Waals surface area (Å²) in [4.78, 5) is 0. The van der Waals surface area contributed by atoms with Crippen molar-refractivity contribution >= 4 is 7.29 Å². The van der Waals surface area contributed by atoms with Crippen LogP contribution in [0, 0.1) is 0 Å². The van der Waals surface area contributed by atoms with Crippen LogP contribution < -0.4 is 5.09 Å². The molecule has 0 aliphatic rings. The van der Waals surface area contributed by atoms with Gasteiger partial charge in [-0.3, -0.25) is 5.09 Å². The molecule has 0 radical (unpaired) electrons. The largest absolute Gasteiger partial charge is 0.307 e. The van der Waals surface area contributed by atoms with Gasteiger partial charge in [-0.1, -0.05) is 0 Å². The lowest BCUT2D eigenvalue weighted by molar-refractivity contribution is 0.495. The first-order valence-electron chi connectivity index (χ1n) is 3.05. The molecule has 0 fully saturated rings. The fraction of sp³-hybridized carbons (Fsp3) is 1.00. The monoisotopic (exact) mass is 149 g/mol. The maximum atomic E-state index is 11.1. The molecular formula is C6H16NOP. The van der Waals surface area contributed by atoms with E-state index in [2.05, 4.69) is 5.09 Å². The van der Waals surface area contributed by atoms with Gasteiger partial charge in [-0.15, -0.1) is 0 Å². The minimum Gasteiger partial charge on any atom is -0.307 e. The van der Waals surface area contributed by atoms with Crippen molar-refractivity contribution in [1.82, 2.24) is 5.09 Å². The molecule has 0 saturated carbocycles. The molecule has 0 aliphatic carbocycles. The summed E-state index contributed by atoms with van der Waals surface area (Å²) in [5.41, 5.74) is -0.0287. The summed E-state index contributed by atoms with van der Waals surface area (Å²) in [6.45, 7) is 9.49. The van der Waals surface area contributed by atoms with Crippen molar-refractivity contribution in [2.24, 2.45) is 0 Å². The average molecular weight is 149 g/mol. The van der Waals surface area contributed by atoms with Crippen LogP contribution >= 0.6 is 7.29 Å². The maximum Gasteiger partial charge on any atom is 0.142 e. The zero-order chi connectivity index (χ0) is 7.71. The van der Waals surface area contributed by atoms with Gasteiger partial charge in [0.05, 0.1) is 0 Å². The van der Waals surface area contributed by atoms with Gasteiger partial charge in [-0.05, 0) is 20.8 Å². The van der Waals surface area contributed by atoms with E-state index in [4.69, 9.17) is 0 Å². The van der Waals surface area contributed by atoms with Crippen LogP contribution in [-0.4, -0.2) is 18.9 Å². The van der Waals surface area contributed by atoms with E-state index in [1.165, 1.54) is 0 Å². The molecule has 2 nitrogen and oxygen atoms in total. The second-order valence-corrected chi connectivity index (χ2v) is 6.64. The minimum atomic E-state index is -2.04. The molecule has 0 rings (SSSR count). The minimum absolute atomic E-state index is 0.0287. The molecule has 56 valence electrons. The van der Waals surface area contributed by atoms with Gasteiger partial charge in [0.25, 0.3) is 0 Å². The normalized spacial score (nSPS) is 13.9. The van der Waals surface area contributed by atoms with Crippen molar-refractivity contribution in [3.63, 3.8) is 0 Å². The topological polar surface area (TPSA) is 29.1 Å². The first-order chi connectivity index (χ1) is 3.71. The van der Waals surface area contributed by atoms with Crippen LogP contribution in [0.15, 0.2) is 0 Å². The first-order valence-corrected chi connectivity index (χ1v) is 5.65. The van der Waals surface area contributed by atoms with Gasteiger partial charge in [0.2, 0.25) is 0 Å². The Labute approximate surface area is 57.5 Å². The second kappa shape index (κ2) is 2.43. The smallest absolute Gasteiger partial charge is 0.142 e. The van der Waals surface area contributed by atoms with Gasteiger partial charge in [-0.2, -0.15) is 0 Å². The van der Waals surface area contributed by atoms with Crippen molar-refractivity contribution in [2.75, 3.05) is 13.3 Å². The molecule has 0 heterocycles. The summed E-state index contributed by atoms with van der Waals surface area (Å²) in [6, 6.07) is 0. The predicted octanol–water partition coefficient (Wildman–Crippen LogP) is 1.91. The number of hydrogen-bond donors (Lipinski definition) is 1. The van der Waals surface area contributed by atoms with Crippen LogP contribution in [0.3, 0.4) is 0 Å². The molecular weight excluding hydrogens is 133 g/mol. The van der Waals surface area contributed by atoms with E-state index in [1.54, 1.807) is 13.3 Å². The van der Waals surface area contributed by atoms with Gasteiger partial charge in [0, 0.05) is 18.9 Å². The Balaban J connectivity index is 3.90. The summed E-state index contributed by atoms with van der Waals surface area (Å²) in [6.07, 6.45) is 0. The van der Waals surface area contributed by atoms with Gasteiger partial charge in [-0.25, -0.2) is 0 Å². The van der Waals surface area contributed by atoms with Crippen LogP contribution in [0.2, 0.25) is 0 Å². The van der Waals surface area contributed by atoms with E-state index in [-0.39, 0.29) is 5.54 Å². The second-order valence-electron chi connectivity index (χ2n) is 3.71.